The van der Waals surface area contributed by atoms with Crippen LogP contribution < -0.4 is 5.73 Å². The van der Waals surface area contributed by atoms with E-state index in [-0.39, 0.29) is 24.5 Å². The molecule has 1 saturated carbocycles. The van der Waals surface area contributed by atoms with Crippen LogP contribution in [0.4, 0.5) is 0 Å². The minimum absolute atomic E-state index is 0.0821. The topological polar surface area (TPSA) is 102 Å². The molecule has 128 valence electrons. The molecule has 3 rings (SSSR count). The van der Waals surface area contributed by atoms with Crippen molar-refractivity contribution in [2.45, 2.75) is 49.8 Å². The highest BCUT2D eigenvalue weighted by Gasteiger charge is 2.52. The van der Waals surface area contributed by atoms with Crippen LogP contribution in [0.3, 0.4) is 0 Å². The standard InChI is InChI=1S/C17H19ClN2O4/c18-11-5-2-1-4-10(11)17-9-3-6-13(15(17)23)24-16(20-17)12(19)7-8-14(21)22/h1-2,4-5,12-13H,3,6-9,19H2,(H,21,22)/t12?,13-,17-/m0/s1. The van der Waals surface area contributed by atoms with Crippen molar-refractivity contribution < 1.29 is 19.4 Å². The number of carboxylic acid groups (broad SMARTS) is 1. The van der Waals surface area contributed by atoms with Crippen molar-refractivity contribution in [2.75, 3.05) is 0 Å². The third-order valence-corrected chi connectivity index (χ3v) is 4.90. The van der Waals surface area contributed by atoms with Gasteiger partial charge in [-0.05, 0) is 31.7 Å². The zero-order valence-corrected chi connectivity index (χ0v) is 13.8. The number of carbonyl (C=O) groups excluding carboxylic acids is 1. The van der Waals surface area contributed by atoms with Crippen LogP contribution in [0.2, 0.25) is 5.02 Å². The highest BCUT2D eigenvalue weighted by Crippen LogP contribution is 2.44. The van der Waals surface area contributed by atoms with Gasteiger partial charge in [0, 0.05) is 17.0 Å². The van der Waals surface area contributed by atoms with E-state index in [0.29, 0.717) is 23.4 Å². The molecular formula is C17H19ClN2O4. The molecule has 2 bridgehead atoms. The van der Waals surface area contributed by atoms with Crippen molar-refractivity contribution in [2.24, 2.45) is 10.7 Å². The lowest BCUT2D eigenvalue weighted by Crippen LogP contribution is -2.54. The monoisotopic (exact) mass is 350 g/mol. The second-order valence-electron chi connectivity index (χ2n) is 6.19. The Labute approximate surface area is 144 Å². The van der Waals surface area contributed by atoms with Crippen LogP contribution in [-0.4, -0.2) is 34.9 Å². The number of nitrogens with two attached hydrogens (primary N) is 1. The highest BCUT2D eigenvalue weighted by atomic mass is 35.5. The molecule has 1 unspecified atom stereocenters. The first-order valence-corrected chi connectivity index (χ1v) is 8.35. The van der Waals surface area contributed by atoms with Gasteiger partial charge in [-0.25, -0.2) is 4.99 Å². The van der Waals surface area contributed by atoms with E-state index in [0.717, 1.165) is 6.42 Å². The maximum absolute atomic E-state index is 12.9. The lowest BCUT2D eigenvalue weighted by atomic mass is 9.73. The van der Waals surface area contributed by atoms with Gasteiger partial charge >= 0.3 is 5.97 Å². The predicted molar refractivity (Wildman–Crippen MR) is 89.1 cm³/mol. The van der Waals surface area contributed by atoms with Crippen molar-refractivity contribution in [3.8, 4) is 0 Å². The molecule has 1 aliphatic heterocycles. The van der Waals surface area contributed by atoms with Crippen LogP contribution in [0.15, 0.2) is 29.3 Å². The number of carboxylic acids is 1. The Balaban J connectivity index is 2.01. The Hall–Kier alpha value is -1.92. The van der Waals surface area contributed by atoms with Crippen LogP contribution in [0.5, 0.6) is 0 Å². The molecule has 0 spiro atoms. The number of nitrogens with zero attached hydrogens (tertiary/aromatic N) is 1. The fourth-order valence-electron chi connectivity index (χ4n) is 3.34. The third kappa shape index (κ3) is 2.91. The van der Waals surface area contributed by atoms with Gasteiger partial charge in [-0.2, -0.15) is 0 Å². The number of hydrogen-bond donors (Lipinski definition) is 2. The molecule has 0 radical (unpaired) electrons. The molecule has 3 atom stereocenters. The number of carbonyl (C=O) groups is 2. The van der Waals surface area contributed by atoms with Crippen molar-refractivity contribution >= 4 is 29.3 Å². The second-order valence-corrected chi connectivity index (χ2v) is 6.60. The number of aliphatic carboxylic acids is 1. The number of ether oxygens (including phenoxy) is 1. The minimum Gasteiger partial charge on any atom is -0.481 e. The third-order valence-electron chi connectivity index (χ3n) is 4.57. The maximum atomic E-state index is 12.9. The summed E-state index contributed by atoms with van der Waals surface area (Å²) in [5, 5.41) is 9.30. The van der Waals surface area contributed by atoms with E-state index in [1.165, 1.54) is 0 Å². The van der Waals surface area contributed by atoms with E-state index in [1.807, 2.05) is 6.07 Å². The Kier molecular flexibility index (Phi) is 4.60. The lowest BCUT2D eigenvalue weighted by molar-refractivity contribution is -0.138. The molecule has 1 fully saturated rings. The number of ketones is 1. The first kappa shape index (κ1) is 16.9. The van der Waals surface area contributed by atoms with E-state index in [9.17, 15) is 9.59 Å². The second kappa shape index (κ2) is 6.53. The minimum atomic E-state index is -1.07. The quantitative estimate of drug-likeness (QED) is 0.848. The summed E-state index contributed by atoms with van der Waals surface area (Å²) in [6.07, 6.45) is 1.47. The Morgan fingerprint density at radius 2 is 2.25 bits per heavy atom. The van der Waals surface area contributed by atoms with Crippen LogP contribution in [0, 0.1) is 0 Å². The average molecular weight is 351 g/mol. The summed E-state index contributed by atoms with van der Waals surface area (Å²) in [5.74, 6) is -0.782. The summed E-state index contributed by atoms with van der Waals surface area (Å²) < 4.78 is 5.69. The number of Topliss-reactive ketones (excluding diaryl/α,β-unsaturated/α-hetero) is 1. The fourth-order valence-corrected chi connectivity index (χ4v) is 3.64. The number of fused-ring (bicyclic) bond motifs is 2. The van der Waals surface area contributed by atoms with Crippen LogP contribution in [-0.2, 0) is 19.9 Å². The Bertz CT molecular complexity index is 706. The van der Waals surface area contributed by atoms with E-state index in [2.05, 4.69) is 4.99 Å². The predicted octanol–water partition coefficient (Wildman–Crippen LogP) is 2.28. The van der Waals surface area contributed by atoms with E-state index in [1.54, 1.807) is 18.2 Å². The van der Waals surface area contributed by atoms with Crippen molar-refractivity contribution in [1.82, 2.24) is 0 Å². The van der Waals surface area contributed by atoms with Gasteiger partial charge in [0.15, 0.2) is 11.6 Å². The van der Waals surface area contributed by atoms with Gasteiger partial charge in [0.2, 0.25) is 11.7 Å². The zero-order chi connectivity index (χ0) is 17.3. The number of halogens is 1. The molecule has 3 N–H and O–H groups in total. The molecule has 0 aromatic heterocycles. The molecule has 6 nitrogen and oxygen atoms in total. The number of hydrogen-bond acceptors (Lipinski definition) is 5. The molecule has 7 heteroatoms. The molecule has 0 saturated heterocycles. The highest BCUT2D eigenvalue weighted by molar-refractivity contribution is 6.32. The fraction of sp³-hybridized carbons (Fsp3) is 0.471. The maximum Gasteiger partial charge on any atom is 0.303 e. The summed E-state index contributed by atoms with van der Waals surface area (Å²) in [6.45, 7) is 0. The van der Waals surface area contributed by atoms with Gasteiger partial charge in [-0.1, -0.05) is 29.8 Å². The molecule has 2 aliphatic rings. The smallest absolute Gasteiger partial charge is 0.303 e. The van der Waals surface area contributed by atoms with E-state index in [4.69, 9.17) is 27.2 Å². The lowest BCUT2D eigenvalue weighted by Gasteiger charge is -2.42. The van der Waals surface area contributed by atoms with Crippen molar-refractivity contribution in [3.05, 3.63) is 34.9 Å². The van der Waals surface area contributed by atoms with E-state index < -0.39 is 23.7 Å². The van der Waals surface area contributed by atoms with Crippen molar-refractivity contribution in [1.29, 1.82) is 0 Å². The number of rotatable bonds is 5. The Morgan fingerprint density at radius 1 is 1.50 bits per heavy atom. The van der Waals surface area contributed by atoms with Gasteiger partial charge in [-0.15, -0.1) is 0 Å². The summed E-state index contributed by atoms with van der Waals surface area (Å²) in [6, 6.07) is 6.50. The van der Waals surface area contributed by atoms with Gasteiger partial charge < -0.3 is 15.6 Å². The number of aliphatic imine (C=N–C) groups is 1. The van der Waals surface area contributed by atoms with Crippen LogP contribution >= 0.6 is 11.6 Å². The van der Waals surface area contributed by atoms with Crippen LogP contribution in [0.1, 0.15) is 37.7 Å². The van der Waals surface area contributed by atoms with Gasteiger partial charge in [0.05, 0.1) is 6.04 Å². The van der Waals surface area contributed by atoms with Crippen molar-refractivity contribution in [3.63, 3.8) is 0 Å². The first-order chi connectivity index (χ1) is 11.4. The molecule has 1 aromatic carbocycles. The summed E-state index contributed by atoms with van der Waals surface area (Å²) in [5.41, 5.74) is 5.64. The molecule has 24 heavy (non-hydrogen) atoms. The van der Waals surface area contributed by atoms with E-state index >= 15 is 0 Å². The molecule has 0 amide bonds. The van der Waals surface area contributed by atoms with Crippen LogP contribution in [0.25, 0.3) is 0 Å². The SMILES string of the molecule is NC(CCC(=O)O)C1=N[C@]2(c3ccccc3Cl)CCC[C@H](O1)C2=O. The molecule has 1 heterocycles. The molecule has 1 aromatic rings. The zero-order valence-electron chi connectivity index (χ0n) is 13.1. The van der Waals surface area contributed by atoms with Gasteiger partial charge in [-0.3, -0.25) is 9.59 Å². The van der Waals surface area contributed by atoms with Gasteiger partial charge in [0.25, 0.3) is 0 Å². The first-order valence-electron chi connectivity index (χ1n) is 7.97. The summed E-state index contributed by atoms with van der Waals surface area (Å²) in [7, 11) is 0. The molecular weight excluding hydrogens is 332 g/mol. The number of benzene rings is 1. The Morgan fingerprint density at radius 3 is 2.96 bits per heavy atom. The average Bonchev–Trinajstić information content (AvgIpc) is 2.53. The molecule has 1 aliphatic carbocycles. The normalized spacial score (nSPS) is 27.2. The largest absolute Gasteiger partial charge is 0.481 e. The summed E-state index contributed by atoms with van der Waals surface area (Å²) in [4.78, 5) is 28.2. The van der Waals surface area contributed by atoms with Gasteiger partial charge in [0.1, 0.15) is 0 Å². The summed E-state index contributed by atoms with van der Waals surface area (Å²) >= 11 is 6.32.